The Bertz CT molecular complexity index is 674. The highest BCUT2D eigenvalue weighted by Crippen LogP contribution is 2.23. The van der Waals surface area contributed by atoms with Crippen LogP contribution in [0.4, 0.5) is 5.69 Å². The zero-order valence-corrected chi connectivity index (χ0v) is 11.8. The first-order valence-corrected chi connectivity index (χ1v) is 7.57. The monoisotopic (exact) mass is 317 g/mol. The number of nitrogens with one attached hydrogen (secondary N) is 2. The molecular weight excluding hydrogens is 306 g/mol. The van der Waals surface area contributed by atoms with Gasteiger partial charge in [-0.05, 0) is 24.6 Å². The van der Waals surface area contributed by atoms with Gasteiger partial charge >= 0.3 is 0 Å². The van der Waals surface area contributed by atoms with Crippen molar-refractivity contribution in [3.05, 3.63) is 23.2 Å². The lowest BCUT2D eigenvalue weighted by Crippen LogP contribution is -2.52. The number of rotatable bonds is 3. The Morgan fingerprint density at radius 1 is 1.35 bits per heavy atom. The van der Waals surface area contributed by atoms with Crippen LogP contribution in [0, 0.1) is 0 Å². The van der Waals surface area contributed by atoms with Gasteiger partial charge < -0.3 is 5.73 Å². The van der Waals surface area contributed by atoms with Gasteiger partial charge in [-0.2, -0.15) is 4.72 Å². The van der Waals surface area contributed by atoms with Gasteiger partial charge in [-0.25, -0.2) is 8.42 Å². The van der Waals surface area contributed by atoms with Crippen molar-refractivity contribution >= 4 is 39.1 Å². The van der Waals surface area contributed by atoms with Crippen molar-refractivity contribution in [1.82, 2.24) is 10.0 Å². The minimum Gasteiger partial charge on any atom is -0.398 e. The Kier molecular flexibility index (Phi) is 3.98. The molecule has 1 saturated heterocycles. The molecule has 1 fully saturated rings. The molecule has 0 aromatic heterocycles. The molecule has 1 aromatic carbocycles. The van der Waals surface area contributed by atoms with Crippen LogP contribution in [0.3, 0.4) is 0 Å². The van der Waals surface area contributed by atoms with E-state index in [2.05, 4.69) is 10.0 Å². The van der Waals surface area contributed by atoms with E-state index in [4.69, 9.17) is 17.3 Å². The Morgan fingerprint density at radius 3 is 2.65 bits per heavy atom. The molecule has 2 amide bonds. The maximum Gasteiger partial charge on any atom is 0.244 e. The van der Waals surface area contributed by atoms with Crippen LogP contribution in [-0.2, 0) is 19.6 Å². The van der Waals surface area contributed by atoms with E-state index < -0.39 is 27.9 Å². The van der Waals surface area contributed by atoms with Gasteiger partial charge in [-0.3, -0.25) is 14.9 Å². The lowest BCUT2D eigenvalue weighted by molar-refractivity contribution is -0.134. The number of sulfonamides is 1. The molecule has 0 aliphatic carbocycles. The Labute approximate surface area is 120 Å². The average molecular weight is 318 g/mol. The summed E-state index contributed by atoms with van der Waals surface area (Å²) in [6.07, 6.45) is 0.187. The summed E-state index contributed by atoms with van der Waals surface area (Å²) >= 11 is 5.70. The van der Waals surface area contributed by atoms with Crippen LogP contribution in [0.5, 0.6) is 0 Å². The van der Waals surface area contributed by atoms with Crippen molar-refractivity contribution in [2.24, 2.45) is 0 Å². The molecular formula is C11H12ClN3O4S. The highest BCUT2D eigenvalue weighted by molar-refractivity contribution is 7.89. The summed E-state index contributed by atoms with van der Waals surface area (Å²) in [7, 11) is -3.96. The number of benzene rings is 1. The fourth-order valence-electron chi connectivity index (χ4n) is 1.82. The maximum absolute atomic E-state index is 12.2. The van der Waals surface area contributed by atoms with E-state index in [0.717, 1.165) is 0 Å². The van der Waals surface area contributed by atoms with Gasteiger partial charge in [0.15, 0.2) is 0 Å². The Balaban J connectivity index is 2.23. The second kappa shape index (κ2) is 5.39. The highest BCUT2D eigenvalue weighted by atomic mass is 35.5. The normalized spacial score (nSPS) is 19.8. The van der Waals surface area contributed by atoms with E-state index in [1.54, 1.807) is 0 Å². The van der Waals surface area contributed by atoms with Crippen LogP contribution in [0.15, 0.2) is 23.1 Å². The standard InChI is InChI=1S/C11H12ClN3O4S/c12-6-1-3-9(7(13)5-6)20(18,19)15-8-2-4-10(16)14-11(8)17/h1,3,5,8,15H,2,4,13H2,(H,14,16,17). The van der Waals surface area contributed by atoms with E-state index in [-0.39, 0.29) is 23.4 Å². The number of nitrogen functional groups attached to an aromatic ring is 1. The number of amides is 2. The van der Waals surface area contributed by atoms with Gasteiger partial charge in [0.1, 0.15) is 10.9 Å². The molecule has 0 radical (unpaired) electrons. The van der Waals surface area contributed by atoms with Crippen LogP contribution in [0.25, 0.3) is 0 Å². The van der Waals surface area contributed by atoms with Crippen molar-refractivity contribution in [3.8, 4) is 0 Å². The Morgan fingerprint density at radius 2 is 2.05 bits per heavy atom. The molecule has 0 saturated carbocycles. The second-order valence-corrected chi connectivity index (χ2v) is 6.43. The third-order valence-corrected chi connectivity index (χ3v) is 4.58. The SMILES string of the molecule is Nc1cc(Cl)ccc1S(=O)(=O)NC1CCC(=O)NC1=O. The third-order valence-electron chi connectivity index (χ3n) is 2.80. The summed E-state index contributed by atoms with van der Waals surface area (Å²) in [5, 5.41) is 2.38. The molecule has 4 N–H and O–H groups in total. The molecule has 1 heterocycles. The van der Waals surface area contributed by atoms with Crippen LogP contribution < -0.4 is 15.8 Å². The van der Waals surface area contributed by atoms with Crippen molar-refractivity contribution in [2.45, 2.75) is 23.8 Å². The summed E-state index contributed by atoms with van der Waals surface area (Å²) in [4.78, 5) is 22.4. The highest BCUT2D eigenvalue weighted by Gasteiger charge is 2.31. The fourth-order valence-corrected chi connectivity index (χ4v) is 3.34. The van der Waals surface area contributed by atoms with Crippen LogP contribution in [-0.4, -0.2) is 26.3 Å². The number of nitrogens with two attached hydrogens (primary N) is 1. The summed E-state index contributed by atoms with van der Waals surface area (Å²) in [5.74, 6) is -1.09. The van der Waals surface area contributed by atoms with Crippen LogP contribution in [0.2, 0.25) is 5.02 Å². The molecule has 1 aromatic rings. The van der Waals surface area contributed by atoms with E-state index in [1.165, 1.54) is 18.2 Å². The molecule has 7 nitrogen and oxygen atoms in total. The summed E-state index contributed by atoms with van der Waals surface area (Å²) in [5.41, 5.74) is 5.59. The number of carbonyl (C=O) groups excluding carboxylic acids is 2. The number of hydrogen-bond donors (Lipinski definition) is 3. The molecule has 1 aliphatic rings. The molecule has 2 rings (SSSR count). The van der Waals surface area contributed by atoms with Gasteiger partial charge in [0.05, 0.1) is 5.69 Å². The Hall–Kier alpha value is -1.64. The van der Waals surface area contributed by atoms with E-state index in [0.29, 0.717) is 5.02 Å². The summed E-state index contributed by atoms with van der Waals surface area (Å²) in [6.45, 7) is 0. The molecule has 9 heteroatoms. The van der Waals surface area contributed by atoms with E-state index >= 15 is 0 Å². The minimum atomic E-state index is -3.96. The topological polar surface area (TPSA) is 118 Å². The molecule has 1 aliphatic heterocycles. The first-order chi connectivity index (χ1) is 9.29. The number of imide groups is 1. The number of anilines is 1. The lowest BCUT2D eigenvalue weighted by atomic mass is 10.1. The first kappa shape index (κ1) is 14.8. The predicted octanol–water partition coefficient (Wildman–Crippen LogP) is 0.00570. The molecule has 108 valence electrons. The predicted molar refractivity (Wildman–Crippen MR) is 72.4 cm³/mol. The molecule has 0 bridgehead atoms. The first-order valence-electron chi connectivity index (χ1n) is 5.70. The quantitative estimate of drug-likeness (QED) is 0.536. The van der Waals surface area contributed by atoms with Gasteiger partial charge in [0.25, 0.3) is 0 Å². The van der Waals surface area contributed by atoms with Crippen molar-refractivity contribution in [2.75, 3.05) is 5.73 Å². The van der Waals surface area contributed by atoms with E-state index in [9.17, 15) is 18.0 Å². The van der Waals surface area contributed by atoms with Crippen LogP contribution >= 0.6 is 11.6 Å². The zero-order chi connectivity index (χ0) is 14.9. The summed E-state index contributed by atoms with van der Waals surface area (Å²) < 4.78 is 26.5. The smallest absolute Gasteiger partial charge is 0.244 e. The molecule has 1 unspecified atom stereocenters. The van der Waals surface area contributed by atoms with Gasteiger partial charge in [0.2, 0.25) is 21.8 Å². The van der Waals surface area contributed by atoms with Crippen LogP contribution in [0.1, 0.15) is 12.8 Å². The number of halogens is 1. The minimum absolute atomic E-state index is 0.0164. The molecule has 0 spiro atoms. The third kappa shape index (κ3) is 3.09. The second-order valence-electron chi connectivity index (χ2n) is 4.31. The largest absolute Gasteiger partial charge is 0.398 e. The fraction of sp³-hybridized carbons (Fsp3) is 0.273. The van der Waals surface area contributed by atoms with Crippen molar-refractivity contribution in [1.29, 1.82) is 0 Å². The van der Waals surface area contributed by atoms with E-state index in [1.807, 2.05) is 0 Å². The number of carbonyl (C=O) groups is 2. The van der Waals surface area contributed by atoms with Gasteiger partial charge in [0, 0.05) is 11.4 Å². The van der Waals surface area contributed by atoms with Gasteiger partial charge in [-0.15, -0.1) is 0 Å². The van der Waals surface area contributed by atoms with Crippen molar-refractivity contribution < 1.29 is 18.0 Å². The van der Waals surface area contributed by atoms with Crippen molar-refractivity contribution in [3.63, 3.8) is 0 Å². The maximum atomic E-state index is 12.2. The molecule has 1 atom stereocenters. The summed E-state index contributed by atoms with van der Waals surface area (Å²) in [6, 6.07) is 2.96. The lowest BCUT2D eigenvalue weighted by Gasteiger charge is -2.22. The van der Waals surface area contributed by atoms with Gasteiger partial charge in [-0.1, -0.05) is 11.6 Å². The number of piperidine rings is 1. The molecule has 20 heavy (non-hydrogen) atoms. The zero-order valence-electron chi connectivity index (χ0n) is 10.2. The number of hydrogen-bond acceptors (Lipinski definition) is 5. The average Bonchev–Trinajstić information content (AvgIpc) is 2.32.